The lowest BCUT2D eigenvalue weighted by atomic mass is 10.0. The van der Waals surface area contributed by atoms with Crippen LogP contribution in [0.25, 0.3) is 45.2 Å². The highest BCUT2D eigenvalue weighted by molar-refractivity contribution is 5.97. The maximum Gasteiger partial charge on any atom is 0.228 e. The molecule has 7 heteroatoms. The number of anilines is 1. The van der Waals surface area contributed by atoms with Crippen molar-refractivity contribution in [2.45, 2.75) is 25.7 Å². The van der Waals surface area contributed by atoms with E-state index in [0.29, 0.717) is 12.1 Å². The highest BCUT2D eigenvalue weighted by atomic mass is 16.1. The number of H-pyrrole nitrogens is 2. The lowest BCUT2D eigenvalue weighted by molar-refractivity contribution is -0.115. The van der Waals surface area contributed by atoms with Gasteiger partial charge in [0.25, 0.3) is 0 Å². The highest BCUT2D eigenvalue weighted by Crippen LogP contribution is 2.35. The Labute approximate surface area is 238 Å². The zero-order valence-corrected chi connectivity index (χ0v) is 22.7. The number of pyridine rings is 1. The third kappa shape index (κ3) is 5.11. The zero-order valence-electron chi connectivity index (χ0n) is 22.7. The maximum absolute atomic E-state index is 12.6. The molecule has 1 aliphatic heterocycles. The Bertz CT molecular complexity index is 1830. The molecule has 2 aromatic carbocycles. The zero-order chi connectivity index (χ0) is 27.6. The summed E-state index contributed by atoms with van der Waals surface area (Å²) < 4.78 is 0. The molecule has 4 heterocycles. The van der Waals surface area contributed by atoms with Crippen LogP contribution in [0.3, 0.4) is 0 Å². The van der Waals surface area contributed by atoms with Crippen molar-refractivity contribution < 1.29 is 4.79 Å². The summed E-state index contributed by atoms with van der Waals surface area (Å²) in [6, 6.07) is 20.1. The van der Waals surface area contributed by atoms with Crippen molar-refractivity contribution in [2.24, 2.45) is 0 Å². The molecule has 0 spiro atoms. The molecule has 0 unspecified atom stereocenters. The Kier molecular flexibility index (Phi) is 6.55. The third-order valence-electron chi connectivity index (χ3n) is 7.77. The van der Waals surface area contributed by atoms with Gasteiger partial charge >= 0.3 is 0 Å². The molecule has 0 atom stereocenters. The number of likely N-dealkylation sites (tertiary alicyclic amines) is 1. The molecule has 2 aliphatic rings. The summed E-state index contributed by atoms with van der Waals surface area (Å²) in [6.07, 6.45) is 13.7. The van der Waals surface area contributed by atoms with E-state index >= 15 is 0 Å². The second kappa shape index (κ2) is 10.8. The minimum absolute atomic E-state index is 0.0731. The Balaban J connectivity index is 1.18. The maximum atomic E-state index is 12.6. The van der Waals surface area contributed by atoms with Gasteiger partial charge in [0, 0.05) is 47.6 Å². The fraction of sp³-hybridized carbons (Fsp3) is 0.176. The van der Waals surface area contributed by atoms with Gasteiger partial charge in [-0.1, -0.05) is 36.4 Å². The molecular formula is C34H30N6O. The summed E-state index contributed by atoms with van der Waals surface area (Å²) in [7, 11) is 0. The average molecular weight is 539 g/mol. The molecule has 5 aromatic rings. The fourth-order valence-electron chi connectivity index (χ4n) is 5.73. The van der Waals surface area contributed by atoms with E-state index in [9.17, 15) is 4.79 Å². The molecule has 3 N–H and O–H groups in total. The van der Waals surface area contributed by atoms with Crippen molar-refractivity contribution in [3.63, 3.8) is 0 Å². The number of fused-ring (bicyclic) bond motifs is 2. The first-order valence-corrected chi connectivity index (χ1v) is 14.1. The molecule has 202 valence electrons. The number of benzene rings is 2. The Morgan fingerprint density at radius 3 is 2.73 bits per heavy atom. The van der Waals surface area contributed by atoms with Gasteiger partial charge in [0.05, 0.1) is 35.2 Å². The van der Waals surface area contributed by atoms with Crippen LogP contribution in [0.2, 0.25) is 0 Å². The van der Waals surface area contributed by atoms with E-state index < -0.39 is 0 Å². The number of piperidine rings is 1. The van der Waals surface area contributed by atoms with E-state index in [2.05, 4.69) is 49.2 Å². The fourth-order valence-corrected chi connectivity index (χ4v) is 5.73. The monoisotopic (exact) mass is 538 g/mol. The molecule has 7 rings (SSSR count). The number of nitrogens with one attached hydrogen (secondary N) is 3. The molecule has 41 heavy (non-hydrogen) atoms. The van der Waals surface area contributed by atoms with Crippen LogP contribution in [0.4, 0.5) is 5.69 Å². The molecule has 3 aromatic heterocycles. The number of rotatable bonds is 6. The molecule has 7 nitrogen and oxygen atoms in total. The van der Waals surface area contributed by atoms with Crippen LogP contribution in [0.1, 0.15) is 36.1 Å². The molecule has 1 saturated heterocycles. The van der Waals surface area contributed by atoms with Crippen molar-refractivity contribution in [2.75, 3.05) is 18.4 Å². The van der Waals surface area contributed by atoms with Gasteiger partial charge in [0.1, 0.15) is 5.69 Å². The lowest BCUT2D eigenvalue weighted by Crippen LogP contribution is -2.28. The van der Waals surface area contributed by atoms with Crippen LogP contribution in [0.5, 0.6) is 0 Å². The van der Waals surface area contributed by atoms with Crippen molar-refractivity contribution in [1.82, 2.24) is 25.1 Å². The Morgan fingerprint density at radius 1 is 0.976 bits per heavy atom. The van der Waals surface area contributed by atoms with Crippen molar-refractivity contribution in [1.29, 1.82) is 0 Å². The van der Waals surface area contributed by atoms with E-state index in [0.717, 1.165) is 57.8 Å². The molecule has 0 saturated carbocycles. The number of allylic oxidation sites excluding steroid dienone is 2. The van der Waals surface area contributed by atoms with Gasteiger partial charge in [-0.2, -0.15) is 5.10 Å². The van der Waals surface area contributed by atoms with Crippen molar-refractivity contribution >= 4 is 34.3 Å². The summed E-state index contributed by atoms with van der Waals surface area (Å²) >= 11 is 0. The third-order valence-corrected chi connectivity index (χ3v) is 7.77. The predicted octanol–water partition coefficient (Wildman–Crippen LogP) is 6.81. The van der Waals surface area contributed by atoms with Crippen LogP contribution in [-0.4, -0.2) is 44.1 Å². The van der Waals surface area contributed by atoms with Gasteiger partial charge in [-0.05, 0) is 66.8 Å². The average Bonchev–Trinajstić information content (AvgIpc) is 3.57. The van der Waals surface area contributed by atoms with Gasteiger partial charge in [-0.15, -0.1) is 5.73 Å². The van der Waals surface area contributed by atoms with Gasteiger partial charge in [-0.3, -0.25) is 14.9 Å². The van der Waals surface area contributed by atoms with Crippen LogP contribution in [-0.2, 0) is 11.2 Å². The van der Waals surface area contributed by atoms with E-state index in [1.807, 2.05) is 66.9 Å². The smallest absolute Gasteiger partial charge is 0.228 e. The molecule has 1 amide bonds. The summed E-state index contributed by atoms with van der Waals surface area (Å²) in [4.78, 5) is 23.1. The van der Waals surface area contributed by atoms with E-state index in [1.165, 1.54) is 30.5 Å². The van der Waals surface area contributed by atoms with Crippen LogP contribution < -0.4 is 5.32 Å². The first kappa shape index (κ1) is 24.9. The number of carbonyl (C=O) groups excluding carboxylic acids is 1. The summed E-state index contributed by atoms with van der Waals surface area (Å²) in [6.45, 7) is 2.16. The van der Waals surface area contributed by atoms with Crippen molar-refractivity contribution in [3.05, 3.63) is 108 Å². The number of amides is 1. The molecule has 0 radical (unpaired) electrons. The van der Waals surface area contributed by atoms with Gasteiger partial charge < -0.3 is 15.2 Å². The number of hydrogen-bond donors (Lipinski definition) is 3. The molecule has 1 fully saturated rings. The number of carbonyl (C=O) groups is 1. The quantitative estimate of drug-likeness (QED) is 0.207. The van der Waals surface area contributed by atoms with Crippen LogP contribution >= 0.6 is 0 Å². The van der Waals surface area contributed by atoms with E-state index in [-0.39, 0.29) is 5.91 Å². The van der Waals surface area contributed by atoms with Crippen LogP contribution in [0, 0.1) is 0 Å². The topological polar surface area (TPSA) is 89.7 Å². The normalized spacial score (nSPS) is 14.5. The van der Waals surface area contributed by atoms with Crippen molar-refractivity contribution in [3.8, 4) is 22.5 Å². The Morgan fingerprint density at radius 2 is 1.85 bits per heavy atom. The second-order valence-corrected chi connectivity index (χ2v) is 10.6. The largest absolute Gasteiger partial charge is 0.371 e. The Hall–Kier alpha value is -5.13. The number of aromatic amines is 2. The minimum atomic E-state index is -0.0731. The lowest BCUT2D eigenvalue weighted by Gasteiger charge is -2.30. The first-order chi connectivity index (χ1) is 20.2. The number of nitrogens with zero attached hydrogens (tertiary/aromatic N) is 3. The number of hydrogen-bond acceptors (Lipinski definition) is 4. The van der Waals surface area contributed by atoms with E-state index in [1.54, 1.807) is 6.20 Å². The summed E-state index contributed by atoms with van der Waals surface area (Å²) in [5.41, 5.74) is 13.1. The van der Waals surface area contributed by atoms with Crippen LogP contribution in [0.15, 0.2) is 90.9 Å². The summed E-state index contributed by atoms with van der Waals surface area (Å²) in [5, 5.41) is 11.9. The standard InChI is InChI=1S/C34H30N6O/c41-33(17-23-9-3-1-4-10-23)36-26-18-25(21-35-22-26)24-13-14-30-28(19-24)34(39-38-30)31-20-27-29(37-31)11-5-6-12-32(27)40-15-7-2-8-16-40/h1,3-4,6,9-14,18-22,37H,2,7-8,15-17H2,(H,36,41)(H,38,39). The molecular weight excluding hydrogens is 508 g/mol. The van der Waals surface area contributed by atoms with Gasteiger partial charge in [-0.25, -0.2) is 0 Å². The van der Waals surface area contributed by atoms with Gasteiger partial charge in [0.2, 0.25) is 5.91 Å². The second-order valence-electron chi connectivity index (χ2n) is 10.6. The highest BCUT2D eigenvalue weighted by Gasteiger charge is 2.21. The molecule has 0 bridgehead atoms. The minimum Gasteiger partial charge on any atom is -0.371 e. The summed E-state index contributed by atoms with van der Waals surface area (Å²) in [5.74, 6) is -0.0731. The molecule has 1 aliphatic carbocycles. The van der Waals surface area contributed by atoms with E-state index in [4.69, 9.17) is 5.10 Å². The van der Waals surface area contributed by atoms with Gasteiger partial charge in [0.15, 0.2) is 0 Å². The predicted molar refractivity (Wildman–Crippen MR) is 164 cm³/mol. The first-order valence-electron chi connectivity index (χ1n) is 14.1. The number of aromatic nitrogens is 4. The SMILES string of the molecule is O=C(Cc1ccccc1)Nc1cncc(-c2ccc3[nH]nc(-c4cc5c([nH]4)C=C=CC=C5N4CCCCC4)c3c2)c1.